The zero-order valence-corrected chi connectivity index (χ0v) is 19.6. The van der Waals surface area contributed by atoms with Crippen LogP contribution >= 0.6 is 11.3 Å². The van der Waals surface area contributed by atoms with Crippen LogP contribution in [0.25, 0.3) is 74.6 Å². The largest absolute Gasteiger partial charge is 0.246 e. The molecule has 162 valence electrons. The molecule has 1 nitrogen and oxygen atoms in total. The minimum Gasteiger partial charge on any atom is -0.246 e. The zero-order valence-electron chi connectivity index (χ0n) is 18.8. The van der Waals surface area contributed by atoms with Gasteiger partial charge in [-0.1, -0.05) is 103 Å². The Labute approximate surface area is 205 Å². The van der Waals surface area contributed by atoms with Gasteiger partial charge in [0.2, 0.25) is 0 Å². The molecule has 0 aliphatic heterocycles. The lowest BCUT2D eigenvalue weighted by Crippen LogP contribution is -1.90. The van der Waals surface area contributed by atoms with Gasteiger partial charge in [0.15, 0.2) is 0 Å². The number of fused-ring (bicyclic) bond motifs is 10. The Balaban J connectivity index is 1.63. The van der Waals surface area contributed by atoms with Gasteiger partial charge in [-0.05, 0) is 44.5 Å². The Morgan fingerprint density at radius 2 is 1.11 bits per heavy atom. The molecule has 0 unspecified atom stereocenters. The van der Waals surface area contributed by atoms with E-state index in [1.165, 1.54) is 63.4 Å². The van der Waals surface area contributed by atoms with E-state index in [1.54, 1.807) is 0 Å². The smallest absolute Gasteiger partial charge is 0.0894 e. The second-order valence-corrected chi connectivity index (χ2v) is 10.2. The van der Waals surface area contributed by atoms with Crippen molar-refractivity contribution >= 4 is 74.7 Å². The summed E-state index contributed by atoms with van der Waals surface area (Å²) in [4.78, 5) is 5.32. The first-order valence-electron chi connectivity index (χ1n) is 11.9. The zero-order chi connectivity index (χ0) is 22.9. The van der Waals surface area contributed by atoms with Gasteiger partial charge in [-0.2, -0.15) is 0 Å². The maximum atomic E-state index is 5.32. The van der Waals surface area contributed by atoms with Crippen molar-refractivity contribution in [2.45, 2.75) is 0 Å². The van der Waals surface area contributed by atoms with Crippen molar-refractivity contribution in [3.63, 3.8) is 0 Å². The standard InChI is InChI=1S/C33H19NS/c1-2-10-23-20(8-1)16-17-22-19-18-21-9-7-13-26(30(21)29(22)23)32-33-31(24-11-3-5-14-27(24)34-32)25-12-4-6-15-28(25)35-33/h1-19H. The highest BCUT2D eigenvalue weighted by Gasteiger charge is 2.18. The van der Waals surface area contributed by atoms with Crippen LogP contribution in [0, 0.1) is 0 Å². The number of para-hydroxylation sites is 1. The average Bonchev–Trinajstić information content (AvgIpc) is 3.32. The number of nitrogens with zero attached hydrogens (tertiary/aromatic N) is 1. The van der Waals surface area contributed by atoms with E-state index >= 15 is 0 Å². The molecule has 0 aliphatic rings. The van der Waals surface area contributed by atoms with Crippen LogP contribution in [0.5, 0.6) is 0 Å². The van der Waals surface area contributed by atoms with Crippen LogP contribution in [-0.2, 0) is 0 Å². The van der Waals surface area contributed by atoms with Gasteiger partial charge >= 0.3 is 0 Å². The highest BCUT2D eigenvalue weighted by Crippen LogP contribution is 2.45. The topological polar surface area (TPSA) is 12.9 Å². The Kier molecular flexibility index (Phi) is 3.88. The van der Waals surface area contributed by atoms with Gasteiger partial charge in [0.05, 0.1) is 15.9 Å². The molecule has 0 fully saturated rings. The molecule has 0 saturated heterocycles. The number of thiophene rings is 1. The first kappa shape index (κ1) is 19.1. The third-order valence-corrected chi connectivity index (χ3v) is 8.40. The number of aromatic nitrogens is 1. The number of hydrogen-bond donors (Lipinski definition) is 0. The second-order valence-electron chi connectivity index (χ2n) is 9.13. The third-order valence-electron chi connectivity index (χ3n) is 7.22. The first-order chi connectivity index (χ1) is 17.4. The molecule has 2 heteroatoms. The molecular weight excluding hydrogens is 442 g/mol. The van der Waals surface area contributed by atoms with Gasteiger partial charge in [0, 0.05) is 26.4 Å². The molecule has 0 radical (unpaired) electrons. The summed E-state index contributed by atoms with van der Waals surface area (Å²) in [5.41, 5.74) is 3.32. The van der Waals surface area contributed by atoms with E-state index < -0.39 is 0 Å². The molecule has 0 spiro atoms. The van der Waals surface area contributed by atoms with Gasteiger partial charge in [-0.25, -0.2) is 4.98 Å². The monoisotopic (exact) mass is 461 g/mol. The summed E-state index contributed by atoms with van der Waals surface area (Å²) in [7, 11) is 0. The molecule has 0 aliphatic carbocycles. The maximum absolute atomic E-state index is 5.32. The summed E-state index contributed by atoms with van der Waals surface area (Å²) in [5.74, 6) is 0. The van der Waals surface area contributed by atoms with Crippen LogP contribution in [0.15, 0.2) is 115 Å². The predicted octanol–water partition coefficient (Wildman–Crippen LogP) is 9.73. The van der Waals surface area contributed by atoms with E-state index in [-0.39, 0.29) is 0 Å². The van der Waals surface area contributed by atoms with E-state index in [9.17, 15) is 0 Å². The molecule has 35 heavy (non-hydrogen) atoms. The number of pyridine rings is 1. The Bertz CT molecular complexity index is 2110. The number of benzene rings is 6. The van der Waals surface area contributed by atoms with Gasteiger partial charge in [-0.3, -0.25) is 0 Å². The van der Waals surface area contributed by atoms with Crippen molar-refractivity contribution in [2.24, 2.45) is 0 Å². The molecule has 0 N–H and O–H groups in total. The lowest BCUT2D eigenvalue weighted by Gasteiger charge is -2.14. The van der Waals surface area contributed by atoms with E-state index in [1.807, 2.05) is 11.3 Å². The number of rotatable bonds is 1. The summed E-state index contributed by atoms with van der Waals surface area (Å²) < 4.78 is 2.56. The minimum absolute atomic E-state index is 1.04. The fourth-order valence-electron chi connectivity index (χ4n) is 5.69. The molecular formula is C33H19NS. The average molecular weight is 462 g/mol. The summed E-state index contributed by atoms with van der Waals surface area (Å²) in [6.45, 7) is 0. The molecule has 6 aromatic carbocycles. The van der Waals surface area contributed by atoms with E-state index in [0.717, 1.165) is 11.2 Å². The maximum Gasteiger partial charge on any atom is 0.0894 e. The molecule has 2 heterocycles. The fourth-order valence-corrected chi connectivity index (χ4v) is 6.91. The molecule has 2 aromatic heterocycles. The van der Waals surface area contributed by atoms with Gasteiger partial charge in [-0.15, -0.1) is 11.3 Å². The van der Waals surface area contributed by atoms with Gasteiger partial charge in [0.1, 0.15) is 0 Å². The lowest BCUT2D eigenvalue weighted by molar-refractivity contribution is 1.45. The minimum atomic E-state index is 1.04. The number of hydrogen-bond acceptors (Lipinski definition) is 2. The third kappa shape index (κ3) is 2.66. The van der Waals surface area contributed by atoms with E-state index in [4.69, 9.17) is 4.98 Å². The quantitative estimate of drug-likeness (QED) is 0.222. The molecule has 8 rings (SSSR count). The Morgan fingerprint density at radius 3 is 2.00 bits per heavy atom. The summed E-state index contributed by atoms with van der Waals surface area (Å²) >= 11 is 1.85. The van der Waals surface area contributed by atoms with Crippen molar-refractivity contribution in [2.75, 3.05) is 0 Å². The Morgan fingerprint density at radius 1 is 0.457 bits per heavy atom. The molecule has 0 atom stereocenters. The van der Waals surface area contributed by atoms with Crippen molar-refractivity contribution in [3.05, 3.63) is 115 Å². The van der Waals surface area contributed by atoms with Gasteiger partial charge in [0.25, 0.3) is 0 Å². The van der Waals surface area contributed by atoms with E-state index in [2.05, 4.69) is 115 Å². The van der Waals surface area contributed by atoms with Crippen LogP contribution in [0.4, 0.5) is 0 Å². The second kappa shape index (κ2) is 7.11. The van der Waals surface area contributed by atoms with Crippen LogP contribution in [0.3, 0.4) is 0 Å². The van der Waals surface area contributed by atoms with Crippen molar-refractivity contribution in [1.82, 2.24) is 4.98 Å². The highest BCUT2D eigenvalue weighted by molar-refractivity contribution is 7.26. The van der Waals surface area contributed by atoms with Crippen molar-refractivity contribution in [1.29, 1.82) is 0 Å². The molecule has 8 aromatic rings. The molecule has 0 saturated carbocycles. The fraction of sp³-hybridized carbons (Fsp3) is 0. The van der Waals surface area contributed by atoms with E-state index in [0.29, 0.717) is 0 Å². The molecule has 0 bridgehead atoms. The highest BCUT2D eigenvalue weighted by atomic mass is 32.1. The van der Waals surface area contributed by atoms with Crippen molar-refractivity contribution in [3.8, 4) is 11.3 Å². The van der Waals surface area contributed by atoms with Crippen molar-refractivity contribution < 1.29 is 0 Å². The van der Waals surface area contributed by atoms with Crippen LogP contribution in [-0.4, -0.2) is 4.98 Å². The van der Waals surface area contributed by atoms with Crippen LogP contribution in [0.1, 0.15) is 0 Å². The molecule has 0 amide bonds. The van der Waals surface area contributed by atoms with Gasteiger partial charge < -0.3 is 0 Å². The van der Waals surface area contributed by atoms with Crippen LogP contribution in [0.2, 0.25) is 0 Å². The summed E-state index contributed by atoms with van der Waals surface area (Å²) in [5, 5.41) is 11.5. The Hall–Kier alpha value is -4.27. The lowest BCUT2D eigenvalue weighted by atomic mass is 9.92. The summed E-state index contributed by atoms with van der Waals surface area (Å²) in [6, 6.07) is 41.6. The predicted molar refractivity (Wildman–Crippen MR) is 153 cm³/mol. The summed E-state index contributed by atoms with van der Waals surface area (Å²) in [6.07, 6.45) is 0. The normalized spacial score (nSPS) is 12.0. The van der Waals surface area contributed by atoms with Crippen LogP contribution < -0.4 is 0 Å². The first-order valence-corrected chi connectivity index (χ1v) is 12.7. The SMILES string of the molecule is c1ccc2c(c1)ccc1ccc3cccc(-c4nc5ccccc5c5c4sc4ccccc45)c3c12.